The van der Waals surface area contributed by atoms with Crippen LogP contribution in [0.15, 0.2) is 34.9 Å². The van der Waals surface area contributed by atoms with Crippen LogP contribution >= 0.6 is 0 Å². The molecule has 1 N–H and O–H groups in total. The van der Waals surface area contributed by atoms with E-state index in [9.17, 15) is 8.42 Å². The summed E-state index contributed by atoms with van der Waals surface area (Å²) in [4.78, 5) is 2.44. The molecule has 1 aromatic heterocycles. The fourth-order valence-electron chi connectivity index (χ4n) is 8.66. The quantitative estimate of drug-likeness (QED) is 0.480. The van der Waals surface area contributed by atoms with Crippen molar-refractivity contribution in [3.8, 4) is 0 Å². The molecular formula is C30H43BN2O6S. The second-order valence-corrected chi connectivity index (χ2v) is 15.6. The summed E-state index contributed by atoms with van der Waals surface area (Å²) in [5.74, 6) is 0.710. The van der Waals surface area contributed by atoms with E-state index in [4.69, 9.17) is 18.5 Å². The molecule has 8 rings (SSSR count). The van der Waals surface area contributed by atoms with Gasteiger partial charge in [-0.3, -0.25) is 4.90 Å². The number of nitrogens with zero attached hydrogens (tertiary/aromatic N) is 1. The lowest BCUT2D eigenvalue weighted by atomic mass is 9.43. The van der Waals surface area contributed by atoms with Gasteiger partial charge in [-0.25, -0.2) is 13.1 Å². The topological polar surface area (TPSA) is 90.2 Å². The molecule has 1 aromatic carbocycles. The summed E-state index contributed by atoms with van der Waals surface area (Å²) in [5.41, 5.74) is 1.58. The Balaban J connectivity index is 1.11. The second-order valence-electron chi connectivity index (χ2n) is 13.8. The average molecular weight is 571 g/mol. The minimum atomic E-state index is -3.60. The molecular weight excluding hydrogens is 527 g/mol. The molecule has 0 amide bonds. The van der Waals surface area contributed by atoms with Crippen LogP contribution in [0.1, 0.15) is 58.4 Å². The predicted molar refractivity (Wildman–Crippen MR) is 154 cm³/mol. The number of furan rings is 1. The fourth-order valence-corrected chi connectivity index (χ4v) is 10.3. The van der Waals surface area contributed by atoms with E-state index < -0.39 is 28.7 Å². The van der Waals surface area contributed by atoms with Crippen LogP contribution in [0.25, 0.3) is 11.0 Å². The largest absolute Gasteiger partial charge is 0.477 e. The number of benzene rings is 1. The molecule has 3 aliphatic carbocycles. The maximum atomic E-state index is 13.8. The van der Waals surface area contributed by atoms with Crippen molar-refractivity contribution in [3.05, 3.63) is 36.1 Å². The molecule has 40 heavy (non-hydrogen) atoms. The van der Waals surface area contributed by atoms with Gasteiger partial charge in [0, 0.05) is 24.6 Å². The number of piperidine rings is 1. The third-order valence-electron chi connectivity index (χ3n) is 11.1. The minimum absolute atomic E-state index is 0.0112. The Labute approximate surface area is 238 Å². The van der Waals surface area contributed by atoms with Crippen LogP contribution in [-0.2, 0) is 30.5 Å². The number of ether oxygens (including phenoxy) is 1. The summed E-state index contributed by atoms with van der Waals surface area (Å²) in [6.07, 6.45) is 7.29. The van der Waals surface area contributed by atoms with Crippen molar-refractivity contribution < 1.29 is 26.9 Å². The van der Waals surface area contributed by atoms with E-state index in [2.05, 4.69) is 30.4 Å². The molecule has 6 fully saturated rings. The van der Waals surface area contributed by atoms with Crippen LogP contribution in [0, 0.1) is 23.2 Å². The van der Waals surface area contributed by atoms with Crippen molar-refractivity contribution >= 4 is 28.1 Å². The van der Waals surface area contributed by atoms with Gasteiger partial charge >= 0.3 is 7.12 Å². The molecule has 10 heteroatoms. The summed E-state index contributed by atoms with van der Waals surface area (Å²) in [7, 11) is -4.24. The van der Waals surface area contributed by atoms with Crippen molar-refractivity contribution in [1.29, 1.82) is 0 Å². The lowest BCUT2D eigenvalue weighted by molar-refractivity contribution is -0.199. The standard InChI is InChI=1S/C30H43BN2O6S/c1-29(2)22-14-26(29)30(3)27(15-22)38-31(39-30)28(13-21-17-37-25-9-5-4-8-24(21)25)32-40(34,35)19-20-7-6-11-33(16-20)23-10-12-36-18-23/h4-5,8-9,17,20,22-23,26-28,32H,6-7,10-16,18-19H2,1-3H3/t20?,22-,23?,26-,27+,28-,30-/m0/s1. The minimum Gasteiger partial charge on any atom is -0.464 e. The van der Waals surface area contributed by atoms with Crippen molar-refractivity contribution in [2.75, 3.05) is 32.1 Å². The molecule has 8 nitrogen and oxygen atoms in total. The number of sulfonamides is 1. The summed E-state index contributed by atoms with van der Waals surface area (Å²) >= 11 is 0. The SMILES string of the molecule is CC1(C)[C@@H]2C[C@H]3OB([C@H](Cc4coc5ccccc45)NS(=O)(=O)CC4CCCN(C5CCOC5)C4)O[C@@]3(C)[C@H]1C2. The van der Waals surface area contributed by atoms with Gasteiger partial charge in [-0.05, 0) is 86.8 Å². The van der Waals surface area contributed by atoms with Crippen molar-refractivity contribution in [2.24, 2.45) is 23.2 Å². The molecule has 0 radical (unpaired) electrons. The Bertz CT molecular complexity index is 1340. The predicted octanol–water partition coefficient (Wildman–Crippen LogP) is 4.03. The Kier molecular flexibility index (Phi) is 6.92. The molecule has 7 atom stereocenters. The van der Waals surface area contributed by atoms with Crippen LogP contribution in [-0.4, -0.2) is 76.2 Å². The highest BCUT2D eigenvalue weighted by atomic mass is 32.2. The average Bonchev–Trinajstić information content (AvgIpc) is 3.66. The number of fused-ring (bicyclic) bond motifs is 1. The first-order valence-electron chi connectivity index (χ1n) is 15.2. The summed E-state index contributed by atoms with van der Waals surface area (Å²) in [6, 6.07) is 8.32. The zero-order valence-corrected chi connectivity index (χ0v) is 24.8. The number of hydrogen-bond donors (Lipinski definition) is 1. The maximum absolute atomic E-state index is 13.8. The Hall–Kier alpha value is -1.43. The highest BCUT2D eigenvalue weighted by molar-refractivity contribution is 7.89. The number of hydrogen-bond acceptors (Lipinski definition) is 7. The van der Waals surface area contributed by atoms with Gasteiger partial charge in [0.1, 0.15) is 5.58 Å². The Morgan fingerprint density at radius 3 is 2.83 bits per heavy atom. The first-order chi connectivity index (χ1) is 19.1. The number of para-hydroxylation sites is 1. The molecule has 3 saturated carbocycles. The number of likely N-dealkylation sites (tertiary alicyclic amines) is 1. The molecule has 218 valence electrons. The maximum Gasteiger partial charge on any atom is 0.477 e. The van der Waals surface area contributed by atoms with Gasteiger partial charge in [0.2, 0.25) is 10.0 Å². The lowest BCUT2D eigenvalue weighted by Crippen LogP contribution is -2.65. The smallest absolute Gasteiger partial charge is 0.464 e. The van der Waals surface area contributed by atoms with E-state index in [1.165, 1.54) is 0 Å². The molecule has 2 unspecified atom stereocenters. The van der Waals surface area contributed by atoms with Gasteiger partial charge in [0.15, 0.2) is 0 Å². The van der Waals surface area contributed by atoms with Crippen LogP contribution in [0.5, 0.6) is 0 Å². The van der Waals surface area contributed by atoms with Gasteiger partial charge in [-0.2, -0.15) is 0 Å². The van der Waals surface area contributed by atoms with Crippen molar-refractivity contribution in [1.82, 2.24) is 9.62 Å². The van der Waals surface area contributed by atoms with Crippen molar-refractivity contribution in [3.63, 3.8) is 0 Å². The highest BCUT2D eigenvalue weighted by Gasteiger charge is 2.68. The van der Waals surface area contributed by atoms with E-state index in [-0.39, 0.29) is 23.2 Å². The summed E-state index contributed by atoms with van der Waals surface area (Å²) < 4.78 is 55.4. The van der Waals surface area contributed by atoms with Crippen LogP contribution < -0.4 is 4.72 Å². The third-order valence-corrected chi connectivity index (χ3v) is 12.6. The molecule has 2 aromatic rings. The van der Waals surface area contributed by atoms with Gasteiger partial charge < -0.3 is 18.5 Å². The van der Waals surface area contributed by atoms with E-state index in [0.29, 0.717) is 24.3 Å². The number of rotatable bonds is 8. The zero-order valence-electron chi connectivity index (χ0n) is 24.0. The lowest BCUT2D eigenvalue weighted by Gasteiger charge is -2.64. The molecule has 3 saturated heterocycles. The number of nitrogens with one attached hydrogen (secondary N) is 1. The third kappa shape index (κ3) is 4.76. The summed E-state index contributed by atoms with van der Waals surface area (Å²) in [5, 5.41) is 0.999. The van der Waals surface area contributed by atoms with Crippen LogP contribution in [0.4, 0.5) is 0 Å². The van der Waals surface area contributed by atoms with E-state index in [0.717, 1.165) is 74.9 Å². The van der Waals surface area contributed by atoms with Gasteiger partial charge in [-0.1, -0.05) is 32.0 Å². The van der Waals surface area contributed by atoms with Gasteiger partial charge in [-0.15, -0.1) is 0 Å². The first-order valence-corrected chi connectivity index (χ1v) is 16.9. The normalized spacial score (nSPS) is 36.5. The van der Waals surface area contributed by atoms with E-state index >= 15 is 0 Å². The van der Waals surface area contributed by atoms with Gasteiger partial charge in [0.05, 0.1) is 36.3 Å². The molecule has 2 bridgehead atoms. The molecule has 4 heterocycles. The first kappa shape index (κ1) is 27.4. The Morgan fingerprint density at radius 1 is 1.18 bits per heavy atom. The fraction of sp³-hybridized carbons (Fsp3) is 0.733. The van der Waals surface area contributed by atoms with Crippen molar-refractivity contribution in [2.45, 2.75) is 83.0 Å². The van der Waals surface area contributed by atoms with E-state index in [1.54, 1.807) is 6.26 Å². The molecule has 3 aliphatic heterocycles. The monoisotopic (exact) mass is 570 g/mol. The van der Waals surface area contributed by atoms with Gasteiger partial charge in [0.25, 0.3) is 0 Å². The van der Waals surface area contributed by atoms with E-state index in [1.807, 2.05) is 24.3 Å². The zero-order chi connectivity index (χ0) is 27.7. The van der Waals surface area contributed by atoms with Crippen LogP contribution in [0.2, 0.25) is 0 Å². The Morgan fingerprint density at radius 2 is 2.02 bits per heavy atom. The highest BCUT2D eigenvalue weighted by Crippen LogP contribution is 2.65. The molecule has 6 aliphatic rings. The van der Waals surface area contributed by atoms with Crippen LogP contribution in [0.3, 0.4) is 0 Å². The second kappa shape index (κ2) is 10.1. The summed E-state index contributed by atoms with van der Waals surface area (Å²) in [6.45, 7) is 10.3. The molecule has 0 spiro atoms.